The summed E-state index contributed by atoms with van der Waals surface area (Å²) >= 11 is 0. The van der Waals surface area contributed by atoms with Crippen molar-refractivity contribution >= 4 is 11.6 Å². The van der Waals surface area contributed by atoms with Crippen LogP contribution in [0.15, 0.2) is 18.3 Å². The van der Waals surface area contributed by atoms with Gasteiger partial charge in [-0.15, -0.1) is 5.10 Å². The van der Waals surface area contributed by atoms with Gasteiger partial charge in [0.1, 0.15) is 5.82 Å². The minimum absolute atomic E-state index is 0.300. The van der Waals surface area contributed by atoms with Crippen LogP contribution in [0.1, 0.15) is 38.5 Å². The van der Waals surface area contributed by atoms with Gasteiger partial charge < -0.3 is 5.32 Å². The molecular formula is C14H19FN4. The molecule has 102 valence electrons. The summed E-state index contributed by atoms with van der Waals surface area (Å²) in [5.41, 5.74) is 0.668. The van der Waals surface area contributed by atoms with E-state index in [1.165, 1.54) is 55.3 Å². The Morgan fingerprint density at radius 3 is 2.95 bits per heavy atom. The molecule has 0 aliphatic heterocycles. The number of pyridine rings is 1. The van der Waals surface area contributed by atoms with Gasteiger partial charge in [0.2, 0.25) is 5.95 Å². The van der Waals surface area contributed by atoms with E-state index in [1.807, 2.05) is 0 Å². The molecule has 1 N–H and O–H groups in total. The van der Waals surface area contributed by atoms with Crippen LogP contribution in [0.5, 0.6) is 0 Å². The minimum atomic E-state index is -0.300. The van der Waals surface area contributed by atoms with E-state index >= 15 is 0 Å². The maximum absolute atomic E-state index is 13.0. The predicted molar refractivity (Wildman–Crippen MR) is 72.6 cm³/mol. The molecule has 0 spiro atoms. The quantitative estimate of drug-likeness (QED) is 0.919. The predicted octanol–water partition coefficient (Wildman–Crippen LogP) is 3.25. The number of nitrogens with one attached hydrogen (secondary N) is 1. The van der Waals surface area contributed by atoms with Crippen molar-refractivity contribution < 1.29 is 4.39 Å². The molecule has 0 bridgehead atoms. The number of aromatic nitrogens is 3. The summed E-state index contributed by atoms with van der Waals surface area (Å²) < 4.78 is 14.5. The maximum atomic E-state index is 13.0. The lowest BCUT2D eigenvalue weighted by Crippen LogP contribution is -2.12. The van der Waals surface area contributed by atoms with Gasteiger partial charge >= 0.3 is 0 Å². The largest absolute Gasteiger partial charge is 0.353 e. The first-order valence-corrected chi connectivity index (χ1v) is 7.07. The fraction of sp³-hybridized carbons (Fsp3) is 0.571. The van der Waals surface area contributed by atoms with E-state index < -0.39 is 0 Å². The summed E-state index contributed by atoms with van der Waals surface area (Å²) in [6.07, 6.45) is 9.35. The Morgan fingerprint density at radius 1 is 1.26 bits per heavy atom. The molecule has 0 unspecified atom stereocenters. The molecule has 1 saturated carbocycles. The zero-order valence-electron chi connectivity index (χ0n) is 11.0. The second kappa shape index (κ2) is 5.55. The fourth-order valence-corrected chi connectivity index (χ4v) is 2.80. The van der Waals surface area contributed by atoms with Crippen LogP contribution < -0.4 is 5.32 Å². The topological polar surface area (TPSA) is 42.2 Å². The molecular weight excluding hydrogens is 243 g/mol. The highest BCUT2D eigenvalue weighted by atomic mass is 19.1. The van der Waals surface area contributed by atoms with Crippen molar-refractivity contribution in [2.24, 2.45) is 5.92 Å². The van der Waals surface area contributed by atoms with Gasteiger partial charge in [-0.1, -0.05) is 32.1 Å². The number of halogens is 1. The number of hydrogen-bond acceptors (Lipinski definition) is 3. The monoisotopic (exact) mass is 262 g/mol. The van der Waals surface area contributed by atoms with Crippen molar-refractivity contribution in [3.05, 3.63) is 24.1 Å². The zero-order valence-corrected chi connectivity index (χ0v) is 11.0. The van der Waals surface area contributed by atoms with E-state index in [0.717, 1.165) is 12.5 Å². The van der Waals surface area contributed by atoms with Gasteiger partial charge in [-0.2, -0.15) is 4.98 Å². The first-order chi connectivity index (χ1) is 9.31. The Kier molecular flexibility index (Phi) is 3.62. The molecule has 0 amide bonds. The van der Waals surface area contributed by atoms with Crippen LogP contribution in [0.2, 0.25) is 0 Å². The SMILES string of the molecule is Fc1ccc2nc(NCCC3CCCCC3)nn2c1. The zero-order chi connectivity index (χ0) is 13.1. The number of nitrogens with zero attached hydrogens (tertiary/aromatic N) is 3. The van der Waals surface area contributed by atoms with Crippen molar-refractivity contribution in [2.75, 3.05) is 11.9 Å². The van der Waals surface area contributed by atoms with Crippen LogP contribution in [-0.4, -0.2) is 21.1 Å². The molecule has 1 aliphatic rings. The smallest absolute Gasteiger partial charge is 0.243 e. The van der Waals surface area contributed by atoms with Gasteiger partial charge in [-0.05, 0) is 24.5 Å². The van der Waals surface area contributed by atoms with Crippen LogP contribution in [0, 0.1) is 11.7 Å². The highest BCUT2D eigenvalue weighted by Gasteiger charge is 2.13. The summed E-state index contributed by atoms with van der Waals surface area (Å²) in [5.74, 6) is 1.13. The average Bonchev–Trinajstić information content (AvgIpc) is 2.82. The van der Waals surface area contributed by atoms with Crippen LogP contribution in [0.25, 0.3) is 5.65 Å². The third-order valence-corrected chi connectivity index (χ3v) is 3.86. The lowest BCUT2D eigenvalue weighted by molar-refractivity contribution is 0.345. The first-order valence-electron chi connectivity index (χ1n) is 7.07. The third-order valence-electron chi connectivity index (χ3n) is 3.86. The molecule has 3 rings (SSSR count). The molecule has 1 aliphatic carbocycles. The Balaban J connectivity index is 1.56. The van der Waals surface area contributed by atoms with Gasteiger partial charge in [0.05, 0.1) is 6.20 Å². The van der Waals surface area contributed by atoms with E-state index in [9.17, 15) is 4.39 Å². The molecule has 19 heavy (non-hydrogen) atoms. The number of anilines is 1. The van der Waals surface area contributed by atoms with Gasteiger partial charge in [0.25, 0.3) is 0 Å². The molecule has 2 aromatic rings. The van der Waals surface area contributed by atoms with Crippen molar-refractivity contribution in [1.82, 2.24) is 14.6 Å². The van der Waals surface area contributed by atoms with Gasteiger partial charge in [0, 0.05) is 6.54 Å². The Hall–Kier alpha value is -1.65. The molecule has 2 aromatic heterocycles. The highest BCUT2D eigenvalue weighted by molar-refractivity contribution is 5.42. The molecule has 0 aromatic carbocycles. The highest BCUT2D eigenvalue weighted by Crippen LogP contribution is 2.26. The third kappa shape index (κ3) is 3.03. The molecule has 1 fully saturated rings. The van der Waals surface area contributed by atoms with E-state index in [4.69, 9.17) is 0 Å². The first kappa shape index (κ1) is 12.4. The lowest BCUT2D eigenvalue weighted by atomic mass is 9.87. The van der Waals surface area contributed by atoms with Crippen LogP contribution in [-0.2, 0) is 0 Å². The molecule has 5 heteroatoms. The number of rotatable bonds is 4. The average molecular weight is 262 g/mol. The van der Waals surface area contributed by atoms with Crippen LogP contribution in [0.4, 0.5) is 10.3 Å². The summed E-state index contributed by atoms with van der Waals surface area (Å²) in [6.45, 7) is 0.893. The summed E-state index contributed by atoms with van der Waals surface area (Å²) in [7, 11) is 0. The molecule has 0 saturated heterocycles. The summed E-state index contributed by atoms with van der Waals surface area (Å²) in [6, 6.07) is 3.03. The van der Waals surface area contributed by atoms with E-state index in [-0.39, 0.29) is 5.82 Å². The van der Waals surface area contributed by atoms with Crippen molar-refractivity contribution in [3.63, 3.8) is 0 Å². The van der Waals surface area contributed by atoms with Crippen LogP contribution >= 0.6 is 0 Å². The second-order valence-corrected chi connectivity index (χ2v) is 5.30. The number of hydrogen-bond donors (Lipinski definition) is 1. The standard InChI is InChI=1S/C14H19FN4/c15-12-6-7-13-17-14(18-19(13)10-12)16-9-8-11-4-2-1-3-5-11/h6-7,10-11H,1-5,8-9H2,(H,16,18). The van der Waals surface area contributed by atoms with Crippen molar-refractivity contribution in [1.29, 1.82) is 0 Å². The summed E-state index contributed by atoms with van der Waals surface area (Å²) in [4.78, 5) is 4.31. The second-order valence-electron chi connectivity index (χ2n) is 5.30. The minimum Gasteiger partial charge on any atom is -0.353 e. The van der Waals surface area contributed by atoms with Crippen LogP contribution in [0.3, 0.4) is 0 Å². The Labute approximate surface area is 112 Å². The molecule has 0 radical (unpaired) electrons. The Bertz CT molecular complexity index is 545. The normalized spacial score (nSPS) is 16.9. The maximum Gasteiger partial charge on any atom is 0.243 e. The van der Waals surface area contributed by atoms with E-state index in [0.29, 0.717) is 11.6 Å². The van der Waals surface area contributed by atoms with E-state index in [2.05, 4.69) is 15.4 Å². The van der Waals surface area contributed by atoms with Crippen molar-refractivity contribution in [2.45, 2.75) is 38.5 Å². The van der Waals surface area contributed by atoms with Gasteiger partial charge in [-0.25, -0.2) is 8.91 Å². The summed E-state index contributed by atoms with van der Waals surface area (Å²) in [5, 5.41) is 7.45. The van der Waals surface area contributed by atoms with Gasteiger partial charge in [0.15, 0.2) is 5.65 Å². The molecule has 0 atom stereocenters. The fourth-order valence-electron chi connectivity index (χ4n) is 2.80. The molecule has 2 heterocycles. The van der Waals surface area contributed by atoms with Crippen molar-refractivity contribution in [3.8, 4) is 0 Å². The lowest BCUT2D eigenvalue weighted by Gasteiger charge is -2.21. The van der Waals surface area contributed by atoms with Gasteiger partial charge in [-0.3, -0.25) is 0 Å². The van der Waals surface area contributed by atoms with E-state index in [1.54, 1.807) is 6.07 Å². The Morgan fingerprint density at radius 2 is 2.11 bits per heavy atom. The molecule has 4 nitrogen and oxygen atoms in total. The number of fused-ring (bicyclic) bond motifs is 1.